The minimum atomic E-state index is 0.900. The Labute approximate surface area is 109 Å². The number of rotatable bonds is 3. The number of ether oxygens (including phenoxy) is 1. The Morgan fingerprint density at radius 1 is 0.944 bits per heavy atom. The topological polar surface area (TPSA) is 21.3 Å². The maximum absolute atomic E-state index is 5.45. The van der Waals surface area contributed by atoms with E-state index < -0.39 is 0 Å². The van der Waals surface area contributed by atoms with Crippen LogP contribution in [0.5, 0.6) is 5.75 Å². The van der Waals surface area contributed by atoms with E-state index in [1.54, 1.807) is 7.11 Å². The highest BCUT2D eigenvalue weighted by Gasteiger charge is 2.06. The Kier molecular flexibility index (Phi) is 3.56. The average Bonchev–Trinajstić information content (AvgIpc) is 2.27. The van der Waals surface area contributed by atoms with Gasteiger partial charge in [-0.05, 0) is 55.7 Å². The van der Waals surface area contributed by atoms with Crippen molar-refractivity contribution < 1.29 is 4.74 Å². The van der Waals surface area contributed by atoms with Crippen LogP contribution in [-0.2, 0) is 0 Å². The summed E-state index contributed by atoms with van der Waals surface area (Å²) >= 11 is 0. The number of methoxy groups -OCH3 is 1. The Morgan fingerprint density at radius 2 is 1.61 bits per heavy atom. The predicted molar refractivity (Wildman–Crippen MR) is 76.9 cm³/mol. The number of anilines is 2. The monoisotopic (exact) mass is 241 g/mol. The van der Waals surface area contributed by atoms with Gasteiger partial charge in [-0.25, -0.2) is 0 Å². The van der Waals surface area contributed by atoms with E-state index in [9.17, 15) is 0 Å². The van der Waals surface area contributed by atoms with Crippen LogP contribution in [0.4, 0.5) is 11.4 Å². The van der Waals surface area contributed by atoms with Crippen molar-refractivity contribution in [2.24, 2.45) is 0 Å². The fourth-order valence-corrected chi connectivity index (χ4v) is 2.22. The summed E-state index contributed by atoms with van der Waals surface area (Å²) in [6, 6.07) is 12.5. The van der Waals surface area contributed by atoms with E-state index in [4.69, 9.17) is 4.74 Å². The van der Waals surface area contributed by atoms with Crippen molar-refractivity contribution >= 4 is 11.4 Å². The van der Waals surface area contributed by atoms with Crippen LogP contribution < -0.4 is 10.1 Å². The van der Waals surface area contributed by atoms with Gasteiger partial charge in [-0.15, -0.1) is 0 Å². The molecule has 0 heterocycles. The highest BCUT2D eigenvalue weighted by Crippen LogP contribution is 2.31. The standard InChI is InChI=1S/C16H19NO/c1-11-8-12(2)10-14(9-11)17-15-7-5-6-13(3)16(15)18-4/h5-10,17H,1-4H3. The first-order chi connectivity index (χ1) is 8.60. The molecule has 0 saturated heterocycles. The summed E-state index contributed by atoms with van der Waals surface area (Å²) in [7, 11) is 1.70. The molecule has 2 rings (SSSR count). The molecule has 0 aliphatic heterocycles. The van der Waals surface area contributed by atoms with E-state index in [-0.39, 0.29) is 0 Å². The van der Waals surface area contributed by atoms with Crippen LogP contribution in [0.25, 0.3) is 0 Å². The minimum Gasteiger partial charge on any atom is -0.494 e. The molecule has 2 aromatic carbocycles. The van der Waals surface area contributed by atoms with Crippen LogP contribution >= 0.6 is 0 Å². The van der Waals surface area contributed by atoms with Crippen molar-refractivity contribution in [3.8, 4) is 5.75 Å². The van der Waals surface area contributed by atoms with Gasteiger partial charge in [-0.2, -0.15) is 0 Å². The van der Waals surface area contributed by atoms with Crippen LogP contribution in [0.15, 0.2) is 36.4 Å². The van der Waals surface area contributed by atoms with Crippen LogP contribution in [0.2, 0.25) is 0 Å². The molecule has 0 unspecified atom stereocenters. The van der Waals surface area contributed by atoms with E-state index >= 15 is 0 Å². The number of benzene rings is 2. The predicted octanol–water partition coefficient (Wildman–Crippen LogP) is 4.36. The first-order valence-corrected chi connectivity index (χ1v) is 6.09. The van der Waals surface area contributed by atoms with Gasteiger partial charge in [0.15, 0.2) is 0 Å². The molecular weight excluding hydrogens is 222 g/mol. The Bertz CT molecular complexity index is 541. The molecule has 0 bridgehead atoms. The van der Waals surface area contributed by atoms with Crippen molar-refractivity contribution in [2.75, 3.05) is 12.4 Å². The molecule has 0 atom stereocenters. The van der Waals surface area contributed by atoms with Crippen LogP contribution in [0.1, 0.15) is 16.7 Å². The lowest BCUT2D eigenvalue weighted by molar-refractivity contribution is 0.414. The van der Waals surface area contributed by atoms with Gasteiger partial charge in [0.2, 0.25) is 0 Å². The van der Waals surface area contributed by atoms with Gasteiger partial charge in [-0.3, -0.25) is 0 Å². The fourth-order valence-electron chi connectivity index (χ4n) is 2.22. The molecule has 0 radical (unpaired) electrons. The molecule has 94 valence electrons. The number of hydrogen-bond acceptors (Lipinski definition) is 2. The Morgan fingerprint density at radius 3 is 2.22 bits per heavy atom. The lowest BCUT2D eigenvalue weighted by atomic mass is 10.1. The highest BCUT2D eigenvalue weighted by atomic mass is 16.5. The smallest absolute Gasteiger partial charge is 0.145 e. The van der Waals surface area contributed by atoms with E-state index in [1.165, 1.54) is 11.1 Å². The zero-order chi connectivity index (χ0) is 13.1. The summed E-state index contributed by atoms with van der Waals surface area (Å²) in [5.74, 6) is 0.900. The number of hydrogen-bond donors (Lipinski definition) is 1. The first kappa shape index (κ1) is 12.5. The normalized spacial score (nSPS) is 10.2. The zero-order valence-electron chi connectivity index (χ0n) is 11.4. The third-order valence-corrected chi connectivity index (χ3v) is 2.92. The van der Waals surface area contributed by atoms with Crippen molar-refractivity contribution in [1.29, 1.82) is 0 Å². The van der Waals surface area contributed by atoms with Gasteiger partial charge < -0.3 is 10.1 Å². The van der Waals surface area contributed by atoms with Crippen molar-refractivity contribution in [2.45, 2.75) is 20.8 Å². The lowest BCUT2D eigenvalue weighted by Gasteiger charge is -2.14. The van der Waals surface area contributed by atoms with Gasteiger partial charge in [0.1, 0.15) is 5.75 Å². The summed E-state index contributed by atoms with van der Waals surface area (Å²) < 4.78 is 5.45. The molecule has 2 heteroatoms. The number of aryl methyl sites for hydroxylation is 3. The van der Waals surface area contributed by atoms with Crippen molar-refractivity contribution in [3.63, 3.8) is 0 Å². The van der Waals surface area contributed by atoms with Crippen LogP contribution in [0, 0.1) is 20.8 Å². The molecule has 0 spiro atoms. The second-order valence-electron chi connectivity index (χ2n) is 4.66. The number of nitrogens with one attached hydrogen (secondary N) is 1. The lowest BCUT2D eigenvalue weighted by Crippen LogP contribution is -1.97. The van der Waals surface area contributed by atoms with Crippen molar-refractivity contribution in [3.05, 3.63) is 53.1 Å². The molecule has 0 aliphatic carbocycles. The van der Waals surface area contributed by atoms with Gasteiger partial charge in [0.25, 0.3) is 0 Å². The Balaban J connectivity index is 2.36. The SMILES string of the molecule is COc1c(C)cccc1Nc1cc(C)cc(C)c1. The molecule has 18 heavy (non-hydrogen) atoms. The second-order valence-corrected chi connectivity index (χ2v) is 4.66. The fraction of sp³-hybridized carbons (Fsp3) is 0.250. The number of para-hydroxylation sites is 1. The maximum atomic E-state index is 5.45. The van der Waals surface area contributed by atoms with Crippen molar-refractivity contribution in [1.82, 2.24) is 0 Å². The molecule has 0 amide bonds. The van der Waals surface area contributed by atoms with Gasteiger partial charge in [0.05, 0.1) is 12.8 Å². The molecule has 2 aromatic rings. The Hall–Kier alpha value is -1.96. The summed E-state index contributed by atoms with van der Waals surface area (Å²) in [5.41, 5.74) is 5.74. The molecule has 2 nitrogen and oxygen atoms in total. The van der Waals surface area contributed by atoms with E-state index in [0.717, 1.165) is 22.7 Å². The maximum Gasteiger partial charge on any atom is 0.145 e. The largest absolute Gasteiger partial charge is 0.494 e. The zero-order valence-corrected chi connectivity index (χ0v) is 11.4. The quantitative estimate of drug-likeness (QED) is 0.861. The summed E-state index contributed by atoms with van der Waals surface area (Å²) in [6.07, 6.45) is 0. The van der Waals surface area contributed by atoms with Gasteiger partial charge in [0, 0.05) is 5.69 Å². The second kappa shape index (κ2) is 5.13. The highest BCUT2D eigenvalue weighted by molar-refractivity contribution is 5.68. The van der Waals surface area contributed by atoms with E-state index in [0.29, 0.717) is 0 Å². The molecule has 0 aliphatic rings. The third kappa shape index (κ3) is 2.65. The third-order valence-electron chi connectivity index (χ3n) is 2.92. The summed E-state index contributed by atoms with van der Waals surface area (Å²) in [5, 5.41) is 3.42. The van der Waals surface area contributed by atoms with Gasteiger partial charge in [-0.1, -0.05) is 18.2 Å². The molecular formula is C16H19NO. The van der Waals surface area contributed by atoms with E-state index in [1.807, 2.05) is 25.1 Å². The molecule has 0 fully saturated rings. The summed E-state index contributed by atoms with van der Waals surface area (Å²) in [4.78, 5) is 0. The molecule has 1 N–H and O–H groups in total. The van der Waals surface area contributed by atoms with Crippen LogP contribution in [-0.4, -0.2) is 7.11 Å². The minimum absolute atomic E-state index is 0.900. The van der Waals surface area contributed by atoms with E-state index in [2.05, 4.69) is 37.4 Å². The molecule has 0 aromatic heterocycles. The average molecular weight is 241 g/mol. The van der Waals surface area contributed by atoms with Crippen LogP contribution in [0.3, 0.4) is 0 Å². The summed E-state index contributed by atoms with van der Waals surface area (Å²) in [6.45, 7) is 6.25. The first-order valence-electron chi connectivity index (χ1n) is 6.09. The molecule has 0 saturated carbocycles. The van der Waals surface area contributed by atoms with Gasteiger partial charge >= 0.3 is 0 Å².